The number of ketones is 2. The number of hydrogen-bond acceptors (Lipinski definition) is 4. The average Bonchev–Trinajstić information content (AvgIpc) is 3.34. The molecule has 1 aromatic rings. The van der Waals surface area contributed by atoms with Crippen molar-refractivity contribution in [2.45, 2.75) is 84.5 Å². The number of aryl methyl sites for hydroxylation is 1. The third kappa shape index (κ3) is 4.73. The van der Waals surface area contributed by atoms with E-state index < -0.39 is 0 Å². The van der Waals surface area contributed by atoms with Crippen LogP contribution in [0.4, 0.5) is 0 Å². The number of carbonyl (C=O) groups excluding carboxylic acids is 3. The fraction of sp³-hybridized carbons (Fsp3) is 0.676. The van der Waals surface area contributed by atoms with Crippen molar-refractivity contribution >= 4 is 17.5 Å². The molecule has 39 heavy (non-hydrogen) atoms. The van der Waals surface area contributed by atoms with Gasteiger partial charge in [-0.05, 0) is 111 Å². The molecule has 210 valence electrons. The first-order valence-electron chi connectivity index (χ1n) is 15.5. The van der Waals surface area contributed by atoms with E-state index in [1.807, 2.05) is 24.0 Å². The highest BCUT2D eigenvalue weighted by atomic mass is 16.5. The maximum atomic E-state index is 13.0. The third-order valence-electron chi connectivity index (χ3n) is 11.7. The summed E-state index contributed by atoms with van der Waals surface area (Å²) >= 11 is 0. The van der Waals surface area contributed by atoms with Crippen molar-refractivity contribution in [2.24, 2.45) is 34.5 Å². The summed E-state index contributed by atoms with van der Waals surface area (Å²) in [6, 6.07) is 8.20. The van der Waals surface area contributed by atoms with Crippen molar-refractivity contribution in [1.29, 1.82) is 0 Å². The van der Waals surface area contributed by atoms with Crippen molar-refractivity contribution in [1.82, 2.24) is 4.90 Å². The molecule has 6 rings (SSSR count). The summed E-state index contributed by atoms with van der Waals surface area (Å²) in [5.41, 5.74) is 3.76. The smallest absolute Gasteiger partial charge is 0.254 e. The van der Waals surface area contributed by atoms with Gasteiger partial charge in [-0.25, -0.2) is 0 Å². The minimum absolute atomic E-state index is 0.0966. The Morgan fingerprint density at radius 2 is 1.79 bits per heavy atom. The monoisotopic (exact) mass is 531 g/mol. The van der Waals surface area contributed by atoms with Crippen molar-refractivity contribution in [2.75, 3.05) is 26.3 Å². The Bertz CT molecular complexity index is 1150. The highest BCUT2D eigenvalue weighted by molar-refractivity contribution is 5.94. The molecule has 3 saturated carbocycles. The number of allylic oxidation sites excluding steroid dienone is 2. The first-order valence-corrected chi connectivity index (χ1v) is 15.5. The lowest BCUT2D eigenvalue weighted by Crippen LogP contribution is -2.51. The van der Waals surface area contributed by atoms with E-state index in [0.29, 0.717) is 62.0 Å². The maximum Gasteiger partial charge on any atom is 0.254 e. The van der Waals surface area contributed by atoms with Crippen LogP contribution in [0.3, 0.4) is 0 Å². The normalized spacial score (nSPS) is 36.0. The molecule has 1 aliphatic heterocycles. The van der Waals surface area contributed by atoms with Crippen LogP contribution in [-0.2, 0) is 20.7 Å². The fourth-order valence-electron chi connectivity index (χ4n) is 9.76. The van der Waals surface area contributed by atoms with Crippen LogP contribution in [0, 0.1) is 34.5 Å². The minimum atomic E-state index is 0.0966. The Morgan fingerprint density at radius 1 is 1.03 bits per heavy atom. The number of ether oxygens (including phenoxy) is 1. The molecule has 6 atom stereocenters. The standard InChI is InChI=1S/C34H45NO4/c1-23(36)29-11-12-31-28-10-9-26-22-27(37)13-16-33(26,2)30(28)14-17-34(29,31)15-3-4-24-5-7-25(8-6-24)32(38)35-18-20-39-21-19-35/h5-9,28-31H,3-4,10-22H2,1-2H3/t28-,29-,30-,31+,33-,34-/m1/s1. The van der Waals surface area contributed by atoms with Gasteiger partial charge in [0, 0.05) is 37.4 Å². The van der Waals surface area contributed by atoms with E-state index in [4.69, 9.17) is 4.74 Å². The molecule has 0 aromatic heterocycles. The summed E-state index contributed by atoms with van der Waals surface area (Å²) in [7, 11) is 0. The number of Topliss-reactive ketones (excluding diaryl/α,β-unsaturated/α-hetero) is 2. The molecule has 4 fully saturated rings. The van der Waals surface area contributed by atoms with Gasteiger partial charge in [-0.1, -0.05) is 30.7 Å². The number of nitrogens with zero attached hydrogens (tertiary/aromatic N) is 1. The maximum absolute atomic E-state index is 13.0. The third-order valence-corrected chi connectivity index (χ3v) is 11.7. The lowest BCUT2D eigenvalue weighted by atomic mass is 9.46. The Kier molecular flexibility index (Phi) is 7.33. The van der Waals surface area contributed by atoms with Crippen molar-refractivity contribution in [3.05, 3.63) is 47.0 Å². The van der Waals surface area contributed by atoms with Crippen LogP contribution in [0.2, 0.25) is 0 Å². The molecule has 1 amide bonds. The zero-order valence-electron chi connectivity index (χ0n) is 23.9. The van der Waals surface area contributed by atoms with Crippen LogP contribution in [0.15, 0.2) is 35.9 Å². The molecule has 5 nitrogen and oxygen atoms in total. The molecule has 1 saturated heterocycles. The molecule has 0 bridgehead atoms. The van der Waals surface area contributed by atoms with Gasteiger partial charge in [0.15, 0.2) is 0 Å². The van der Waals surface area contributed by atoms with Gasteiger partial charge in [0.05, 0.1) is 13.2 Å². The van der Waals surface area contributed by atoms with E-state index in [2.05, 4.69) is 25.1 Å². The average molecular weight is 532 g/mol. The molecule has 0 N–H and O–H groups in total. The van der Waals surface area contributed by atoms with Gasteiger partial charge in [0.1, 0.15) is 11.6 Å². The van der Waals surface area contributed by atoms with Crippen LogP contribution in [0.1, 0.15) is 94.0 Å². The van der Waals surface area contributed by atoms with E-state index in [-0.39, 0.29) is 22.7 Å². The first kappa shape index (κ1) is 26.9. The predicted octanol–water partition coefficient (Wildman–Crippen LogP) is 6.20. The Balaban J connectivity index is 1.15. The van der Waals surface area contributed by atoms with Crippen LogP contribution in [0.25, 0.3) is 0 Å². The second kappa shape index (κ2) is 10.6. The number of benzene rings is 1. The number of carbonyl (C=O) groups is 3. The van der Waals surface area contributed by atoms with E-state index in [9.17, 15) is 14.4 Å². The molecule has 5 heteroatoms. The molecule has 1 heterocycles. The Morgan fingerprint density at radius 3 is 2.54 bits per heavy atom. The van der Waals surface area contributed by atoms with Crippen molar-refractivity contribution in [3.8, 4) is 0 Å². The molecule has 0 spiro atoms. The quantitative estimate of drug-likeness (QED) is 0.410. The zero-order valence-corrected chi connectivity index (χ0v) is 23.9. The summed E-state index contributed by atoms with van der Waals surface area (Å²) in [5.74, 6) is 3.02. The largest absolute Gasteiger partial charge is 0.378 e. The second-order valence-electron chi connectivity index (χ2n) is 13.4. The van der Waals surface area contributed by atoms with Crippen LogP contribution >= 0.6 is 0 Å². The van der Waals surface area contributed by atoms with Crippen molar-refractivity contribution < 1.29 is 19.1 Å². The van der Waals surface area contributed by atoms with Gasteiger partial charge in [-0.3, -0.25) is 14.4 Å². The summed E-state index contributed by atoms with van der Waals surface area (Å²) in [6.45, 7) is 6.84. The van der Waals surface area contributed by atoms with Crippen molar-refractivity contribution in [3.63, 3.8) is 0 Å². The molecule has 1 aromatic carbocycles. The summed E-state index contributed by atoms with van der Waals surface area (Å²) in [4.78, 5) is 39.9. The van der Waals surface area contributed by atoms with E-state index in [0.717, 1.165) is 56.9 Å². The molecule has 0 radical (unpaired) electrons. The van der Waals surface area contributed by atoms with Crippen LogP contribution in [-0.4, -0.2) is 48.7 Å². The highest BCUT2D eigenvalue weighted by Crippen LogP contribution is 2.67. The van der Waals surface area contributed by atoms with E-state index >= 15 is 0 Å². The summed E-state index contributed by atoms with van der Waals surface area (Å²) in [5, 5.41) is 0. The molecule has 4 aliphatic carbocycles. The molecule has 0 unspecified atom stereocenters. The number of fused-ring (bicyclic) bond motifs is 5. The van der Waals surface area contributed by atoms with E-state index in [1.54, 1.807) is 0 Å². The van der Waals surface area contributed by atoms with Gasteiger partial charge in [-0.2, -0.15) is 0 Å². The lowest BCUT2D eigenvalue weighted by molar-refractivity contribution is -0.130. The topological polar surface area (TPSA) is 63.7 Å². The number of morpholine rings is 1. The summed E-state index contributed by atoms with van der Waals surface area (Å²) in [6.07, 6.45) is 13.7. The van der Waals surface area contributed by atoms with E-state index in [1.165, 1.54) is 24.0 Å². The van der Waals surface area contributed by atoms with Gasteiger partial charge in [0.25, 0.3) is 5.91 Å². The zero-order chi connectivity index (χ0) is 27.2. The van der Waals surface area contributed by atoms with Gasteiger partial charge >= 0.3 is 0 Å². The van der Waals surface area contributed by atoms with Gasteiger partial charge < -0.3 is 9.64 Å². The first-order chi connectivity index (χ1) is 18.8. The molecule has 5 aliphatic rings. The lowest BCUT2D eigenvalue weighted by Gasteiger charge is -2.58. The fourth-order valence-corrected chi connectivity index (χ4v) is 9.76. The van der Waals surface area contributed by atoms with Gasteiger partial charge in [-0.15, -0.1) is 0 Å². The predicted molar refractivity (Wildman–Crippen MR) is 151 cm³/mol. The Labute approximate surface area is 233 Å². The van der Waals surface area contributed by atoms with Gasteiger partial charge in [0.2, 0.25) is 0 Å². The number of amides is 1. The minimum Gasteiger partial charge on any atom is -0.378 e. The SMILES string of the molecule is CC(=O)[C@H]1CC[C@H]2[C@@H]3CC=C4CC(=O)CC[C@@]4(C)[C@@H]3CC[C@]12CCCc1ccc(C(=O)N2CCOCC2)cc1. The second-order valence-corrected chi connectivity index (χ2v) is 13.4. The van der Waals surface area contributed by atoms with Crippen LogP contribution in [0.5, 0.6) is 0 Å². The Hall–Kier alpha value is -2.27. The number of hydrogen-bond donors (Lipinski definition) is 0. The molecular formula is C34H45NO4. The highest BCUT2D eigenvalue weighted by Gasteiger charge is 2.60. The summed E-state index contributed by atoms with van der Waals surface area (Å²) < 4.78 is 5.38. The number of rotatable bonds is 6. The van der Waals surface area contributed by atoms with Crippen LogP contribution < -0.4 is 0 Å². The molecular weight excluding hydrogens is 486 g/mol.